The van der Waals surface area contributed by atoms with E-state index in [1.165, 1.54) is 12.2 Å². The van der Waals surface area contributed by atoms with Crippen LogP contribution in [0.4, 0.5) is 17.6 Å². The van der Waals surface area contributed by atoms with Gasteiger partial charge in [0.15, 0.2) is 0 Å². The number of hydrogen-bond acceptors (Lipinski definition) is 0. The molecule has 0 aromatic rings. The molecule has 0 N–H and O–H groups in total. The summed E-state index contributed by atoms with van der Waals surface area (Å²) in [4.78, 5) is 0. The van der Waals surface area contributed by atoms with Crippen molar-refractivity contribution in [3.8, 4) is 0 Å². The Morgan fingerprint density at radius 2 is 1.85 bits per heavy atom. The molecule has 0 saturated heterocycles. The third kappa shape index (κ3) is 2.44. The number of allylic oxidation sites excluding steroid dienone is 6. The Morgan fingerprint density at radius 1 is 1.23 bits per heavy atom. The summed E-state index contributed by atoms with van der Waals surface area (Å²) in [5.74, 6) is -1.19. The molecule has 0 aromatic heterocycles. The van der Waals surface area contributed by atoms with Gasteiger partial charge in [0, 0.05) is 0 Å². The molecule has 1 rings (SSSR count). The molecule has 0 saturated carbocycles. The summed E-state index contributed by atoms with van der Waals surface area (Å²) in [7, 11) is 0. The van der Waals surface area contributed by atoms with Crippen LogP contribution in [-0.4, -0.2) is 6.18 Å². The van der Waals surface area contributed by atoms with Crippen LogP contribution < -0.4 is 0 Å². The highest BCUT2D eigenvalue weighted by Crippen LogP contribution is 2.33. The van der Waals surface area contributed by atoms with Gasteiger partial charge in [0.2, 0.25) is 0 Å². The van der Waals surface area contributed by atoms with Gasteiger partial charge in [-0.25, -0.2) is 4.39 Å². The third-order valence-corrected chi connectivity index (χ3v) is 1.75. The number of alkyl halides is 3. The molecular weight excluding hydrogens is 184 g/mol. The molecule has 0 aromatic carbocycles. The van der Waals surface area contributed by atoms with Gasteiger partial charge in [0.25, 0.3) is 0 Å². The molecule has 1 aliphatic carbocycles. The van der Waals surface area contributed by atoms with Crippen molar-refractivity contribution < 1.29 is 17.6 Å². The molecule has 1 aliphatic rings. The summed E-state index contributed by atoms with van der Waals surface area (Å²) >= 11 is 0. The van der Waals surface area contributed by atoms with Crippen molar-refractivity contribution in [1.82, 2.24) is 0 Å². The number of halogens is 4. The fraction of sp³-hybridized carbons (Fsp3) is 0.333. The number of hydrogen-bond donors (Lipinski definition) is 0. The lowest BCUT2D eigenvalue weighted by Gasteiger charge is -2.08. The summed E-state index contributed by atoms with van der Waals surface area (Å²) in [6.45, 7) is 1.63. The maximum absolute atomic E-state index is 12.8. The fourth-order valence-electron chi connectivity index (χ4n) is 0.985. The maximum Gasteiger partial charge on any atom is 0.415 e. The van der Waals surface area contributed by atoms with Crippen molar-refractivity contribution in [2.45, 2.75) is 19.5 Å². The summed E-state index contributed by atoms with van der Waals surface area (Å²) < 4.78 is 49.2. The Balaban J connectivity index is 3.04. The first-order valence-electron chi connectivity index (χ1n) is 3.72. The predicted octanol–water partition coefficient (Wildman–Crippen LogP) is 3.68. The fourth-order valence-corrected chi connectivity index (χ4v) is 0.985. The Hall–Kier alpha value is -1.06. The number of rotatable bonds is 0. The zero-order valence-electron chi connectivity index (χ0n) is 6.95. The lowest BCUT2D eigenvalue weighted by Crippen LogP contribution is -2.12. The molecule has 0 nitrogen and oxygen atoms in total. The monoisotopic (exact) mass is 192 g/mol. The molecule has 0 fully saturated rings. The zero-order chi connectivity index (χ0) is 10.1. The summed E-state index contributed by atoms with van der Waals surface area (Å²) in [5, 5.41) is 0. The van der Waals surface area contributed by atoms with Gasteiger partial charge in [-0.05, 0) is 19.4 Å². The second-order valence-corrected chi connectivity index (χ2v) is 2.81. The second kappa shape index (κ2) is 3.36. The van der Waals surface area contributed by atoms with Crippen LogP contribution in [0.2, 0.25) is 0 Å². The van der Waals surface area contributed by atoms with Gasteiger partial charge < -0.3 is 0 Å². The summed E-state index contributed by atoms with van der Waals surface area (Å²) in [6.07, 6.45) is -1.44. The summed E-state index contributed by atoms with van der Waals surface area (Å²) in [5.41, 5.74) is -0.477. The van der Waals surface area contributed by atoms with Crippen LogP contribution in [0.15, 0.2) is 35.2 Å². The van der Waals surface area contributed by atoms with Crippen LogP contribution >= 0.6 is 0 Å². The Bertz CT molecular complexity index is 291. The van der Waals surface area contributed by atoms with Crippen molar-refractivity contribution in [2.24, 2.45) is 0 Å². The minimum Gasteiger partial charge on any atom is -0.207 e. The van der Waals surface area contributed by atoms with Crippen LogP contribution in [0, 0.1) is 0 Å². The van der Waals surface area contributed by atoms with E-state index < -0.39 is 24.0 Å². The Labute approximate surface area is 73.2 Å². The van der Waals surface area contributed by atoms with Gasteiger partial charge in [-0.3, -0.25) is 0 Å². The van der Waals surface area contributed by atoms with Gasteiger partial charge in [-0.15, -0.1) is 0 Å². The van der Waals surface area contributed by atoms with E-state index in [1.807, 2.05) is 0 Å². The van der Waals surface area contributed by atoms with E-state index in [0.29, 0.717) is 5.57 Å². The zero-order valence-corrected chi connectivity index (χ0v) is 6.95. The Morgan fingerprint density at radius 3 is 2.38 bits per heavy atom. The minimum absolute atomic E-state index is 0.395. The molecule has 0 unspecified atom stereocenters. The van der Waals surface area contributed by atoms with Crippen molar-refractivity contribution in [2.75, 3.05) is 0 Å². The van der Waals surface area contributed by atoms with Crippen LogP contribution in [0.1, 0.15) is 13.3 Å². The first-order chi connectivity index (χ1) is 5.91. The smallest absolute Gasteiger partial charge is 0.207 e. The maximum atomic E-state index is 12.8. The van der Waals surface area contributed by atoms with Crippen molar-refractivity contribution >= 4 is 0 Å². The highest BCUT2D eigenvalue weighted by atomic mass is 19.4. The van der Waals surface area contributed by atoms with Crippen LogP contribution in [0.25, 0.3) is 0 Å². The van der Waals surface area contributed by atoms with Crippen LogP contribution in [0.3, 0.4) is 0 Å². The molecule has 0 radical (unpaired) electrons. The van der Waals surface area contributed by atoms with E-state index in [1.54, 1.807) is 6.92 Å². The first-order valence-corrected chi connectivity index (χ1v) is 3.72. The van der Waals surface area contributed by atoms with Gasteiger partial charge in [0.1, 0.15) is 5.83 Å². The van der Waals surface area contributed by atoms with E-state index in [9.17, 15) is 17.6 Å². The molecule has 0 amide bonds. The molecule has 4 heteroatoms. The van der Waals surface area contributed by atoms with Gasteiger partial charge in [-0.1, -0.05) is 17.7 Å². The largest absolute Gasteiger partial charge is 0.415 e. The average molecular weight is 192 g/mol. The molecule has 0 spiro atoms. The van der Waals surface area contributed by atoms with E-state index in [-0.39, 0.29) is 0 Å². The second-order valence-electron chi connectivity index (χ2n) is 2.81. The first kappa shape index (κ1) is 10.0. The third-order valence-electron chi connectivity index (χ3n) is 1.75. The van der Waals surface area contributed by atoms with Crippen molar-refractivity contribution in [1.29, 1.82) is 0 Å². The Kier molecular flexibility index (Phi) is 2.59. The quantitative estimate of drug-likeness (QED) is 0.513. The van der Waals surface area contributed by atoms with E-state index in [0.717, 1.165) is 6.08 Å². The van der Waals surface area contributed by atoms with Crippen molar-refractivity contribution in [3.63, 3.8) is 0 Å². The molecule has 13 heavy (non-hydrogen) atoms. The molecular formula is C9H8F4. The van der Waals surface area contributed by atoms with Crippen LogP contribution in [0.5, 0.6) is 0 Å². The van der Waals surface area contributed by atoms with Crippen LogP contribution in [-0.2, 0) is 0 Å². The lowest BCUT2D eigenvalue weighted by molar-refractivity contribution is -0.0945. The lowest BCUT2D eigenvalue weighted by atomic mass is 10.1. The predicted molar refractivity (Wildman–Crippen MR) is 41.7 cm³/mol. The molecule has 72 valence electrons. The SMILES string of the molecule is CC1=CCC(C(F)(F)F)=C(F)C=C1. The van der Waals surface area contributed by atoms with E-state index in [4.69, 9.17) is 0 Å². The molecule has 0 heterocycles. The van der Waals surface area contributed by atoms with Gasteiger partial charge in [0.05, 0.1) is 5.57 Å². The molecule has 0 atom stereocenters. The highest BCUT2D eigenvalue weighted by molar-refractivity contribution is 5.34. The molecule has 0 aliphatic heterocycles. The van der Waals surface area contributed by atoms with E-state index in [2.05, 4.69) is 0 Å². The minimum atomic E-state index is -4.57. The average Bonchev–Trinajstić information content (AvgIpc) is 2.12. The normalized spacial score (nSPS) is 18.7. The standard InChI is InChI=1S/C9H8F4/c1-6-2-4-7(9(11,12)13)8(10)5-3-6/h2-3,5H,4H2,1H3. The topological polar surface area (TPSA) is 0 Å². The van der Waals surface area contributed by atoms with Gasteiger partial charge in [-0.2, -0.15) is 13.2 Å². The summed E-state index contributed by atoms with van der Waals surface area (Å²) in [6, 6.07) is 0. The molecule has 0 bridgehead atoms. The van der Waals surface area contributed by atoms with E-state index >= 15 is 0 Å². The van der Waals surface area contributed by atoms with Gasteiger partial charge >= 0.3 is 6.18 Å². The van der Waals surface area contributed by atoms with Crippen molar-refractivity contribution in [3.05, 3.63) is 35.2 Å². The highest BCUT2D eigenvalue weighted by Gasteiger charge is 2.35.